The molecule has 0 radical (unpaired) electrons. The van der Waals surface area contributed by atoms with Gasteiger partial charge in [0, 0.05) is 12.8 Å². The zero-order valence-electron chi connectivity index (χ0n) is 13.1. The third-order valence-corrected chi connectivity index (χ3v) is 7.59. The van der Waals surface area contributed by atoms with E-state index in [0.717, 1.165) is 25.2 Å². The van der Waals surface area contributed by atoms with Gasteiger partial charge in [-0.2, -0.15) is 0 Å². The summed E-state index contributed by atoms with van der Waals surface area (Å²) >= 11 is 0. The Bertz CT molecular complexity index is 488. The molecule has 0 spiro atoms. The topological polar surface area (TPSA) is 17.1 Å². The zero-order valence-corrected chi connectivity index (χ0v) is 13.1. The molecule has 0 amide bonds. The first-order valence-corrected chi connectivity index (χ1v) is 8.77. The number of allylic oxidation sites excluding steroid dienone is 2. The molecule has 0 bridgehead atoms. The molecule has 0 aromatic rings. The van der Waals surface area contributed by atoms with Crippen LogP contribution < -0.4 is 0 Å². The van der Waals surface area contributed by atoms with Crippen molar-refractivity contribution in [3.8, 4) is 0 Å². The van der Waals surface area contributed by atoms with Gasteiger partial charge in [0.05, 0.1) is 0 Å². The van der Waals surface area contributed by atoms with Crippen LogP contribution in [0.3, 0.4) is 0 Å². The normalized spacial score (nSPS) is 47.8. The Morgan fingerprint density at radius 2 is 1.85 bits per heavy atom. The Kier molecular flexibility index (Phi) is 2.76. The SMILES string of the molecule is C[C@]12CCC[C@@H]1C1=C(CC2)[C@@]2(C)CCC(=O)C[C@H]2CC1. The quantitative estimate of drug-likeness (QED) is 0.564. The van der Waals surface area contributed by atoms with Crippen LogP contribution in [0.25, 0.3) is 0 Å². The summed E-state index contributed by atoms with van der Waals surface area (Å²) in [6.45, 7) is 5.05. The average Bonchev–Trinajstić information content (AvgIpc) is 2.81. The molecule has 1 heteroatoms. The second kappa shape index (κ2) is 4.21. The predicted octanol–water partition coefficient (Wildman–Crippen LogP) is 5.05. The molecule has 0 aliphatic heterocycles. The molecule has 0 heterocycles. The van der Waals surface area contributed by atoms with Crippen LogP contribution in [0.5, 0.6) is 0 Å². The van der Waals surface area contributed by atoms with Gasteiger partial charge >= 0.3 is 0 Å². The van der Waals surface area contributed by atoms with Gasteiger partial charge in [-0.15, -0.1) is 0 Å². The van der Waals surface area contributed by atoms with Gasteiger partial charge in [-0.05, 0) is 67.6 Å². The number of carbonyl (C=O) groups excluding carboxylic acids is 1. The van der Waals surface area contributed by atoms with Gasteiger partial charge in [0.15, 0.2) is 0 Å². The van der Waals surface area contributed by atoms with Crippen molar-refractivity contribution in [2.75, 3.05) is 0 Å². The molecular formula is C19H28O. The Hall–Kier alpha value is -0.590. The fraction of sp³-hybridized carbons (Fsp3) is 0.842. The van der Waals surface area contributed by atoms with Gasteiger partial charge in [-0.1, -0.05) is 31.4 Å². The molecule has 0 unspecified atom stereocenters. The van der Waals surface area contributed by atoms with E-state index in [-0.39, 0.29) is 0 Å². The first kappa shape index (κ1) is 13.1. The van der Waals surface area contributed by atoms with Crippen LogP contribution in [-0.4, -0.2) is 5.78 Å². The van der Waals surface area contributed by atoms with Gasteiger partial charge in [0.2, 0.25) is 0 Å². The molecule has 4 aliphatic rings. The van der Waals surface area contributed by atoms with Crippen molar-refractivity contribution < 1.29 is 4.79 Å². The van der Waals surface area contributed by atoms with Crippen LogP contribution in [-0.2, 0) is 4.79 Å². The Labute approximate surface area is 123 Å². The lowest BCUT2D eigenvalue weighted by Crippen LogP contribution is -2.43. The lowest BCUT2D eigenvalue weighted by Gasteiger charge is -2.53. The van der Waals surface area contributed by atoms with E-state index in [1.165, 1.54) is 44.9 Å². The molecule has 2 fully saturated rings. The van der Waals surface area contributed by atoms with Crippen LogP contribution >= 0.6 is 0 Å². The smallest absolute Gasteiger partial charge is 0.133 e. The molecule has 2 saturated carbocycles. The summed E-state index contributed by atoms with van der Waals surface area (Å²) in [6, 6.07) is 0. The van der Waals surface area contributed by atoms with E-state index in [4.69, 9.17) is 0 Å². The number of carbonyl (C=O) groups is 1. The van der Waals surface area contributed by atoms with Gasteiger partial charge in [0.25, 0.3) is 0 Å². The summed E-state index contributed by atoms with van der Waals surface area (Å²) < 4.78 is 0. The average molecular weight is 272 g/mol. The maximum Gasteiger partial charge on any atom is 0.133 e. The van der Waals surface area contributed by atoms with E-state index in [9.17, 15) is 4.79 Å². The maximum absolute atomic E-state index is 11.8. The van der Waals surface area contributed by atoms with Crippen LogP contribution in [0.4, 0.5) is 0 Å². The van der Waals surface area contributed by atoms with Crippen molar-refractivity contribution in [2.24, 2.45) is 22.7 Å². The van der Waals surface area contributed by atoms with E-state index in [1.807, 2.05) is 11.1 Å². The fourth-order valence-corrected chi connectivity index (χ4v) is 6.24. The number of fused-ring (bicyclic) bond motifs is 4. The molecule has 0 saturated heterocycles. The first-order valence-electron chi connectivity index (χ1n) is 8.77. The first-order chi connectivity index (χ1) is 9.53. The summed E-state index contributed by atoms with van der Waals surface area (Å²) in [5, 5.41) is 0. The zero-order chi connectivity index (χ0) is 14.0. The standard InChI is InChI=1S/C19H28O/c1-18-9-3-4-16(18)15-6-5-13-12-14(20)7-11-19(13,2)17(15)8-10-18/h13,16H,3-12H2,1-2H3/t13-,16-,18-,19+/m1/s1. The van der Waals surface area contributed by atoms with Crippen molar-refractivity contribution in [3.63, 3.8) is 0 Å². The molecule has 0 aromatic heterocycles. The predicted molar refractivity (Wildman–Crippen MR) is 81.4 cm³/mol. The van der Waals surface area contributed by atoms with E-state index in [2.05, 4.69) is 13.8 Å². The molecule has 4 atom stereocenters. The third kappa shape index (κ3) is 1.64. The van der Waals surface area contributed by atoms with Gasteiger partial charge in [0.1, 0.15) is 5.78 Å². The Balaban J connectivity index is 1.75. The van der Waals surface area contributed by atoms with Crippen molar-refractivity contribution in [1.29, 1.82) is 0 Å². The van der Waals surface area contributed by atoms with Crippen LogP contribution in [0.2, 0.25) is 0 Å². The maximum atomic E-state index is 11.8. The van der Waals surface area contributed by atoms with Crippen LogP contribution in [0.1, 0.15) is 78.1 Å². The third-order valence-electron chi connectivity index (χ3n) is 7.59. The highest BCUT2D eigenvalue weighted by atomic mass is 16.1. The number of rotatable bonds is 0. The van der Waals surface area contributed by atoms with Crippen LogP contribution in [0, 0.1) is 22.7 Å². The van der Waals surface area contributed by atoms with Crippen molar-refractivity contribution in [3.05, 3.63) is 11.1 Å². The molecule has 4 rings (SSSR count). The Morgan fingerprint density at radius 1 is 1.00 bits per heavy atom. The lowest BCUT2D eigenvalue weighted by molar-refractivity contribution is -0.124. The minimum absolute atomic E-state index is 0.380. The van der Waals surface area contributed by atoms with Crippen molar-refractivity contribution >= 4 is 5.78 Å². The monoisotopic (exact) mass is 272 g/mol. The Morgan fingerprint density at radius 3 is 2.70 bits per heavy atom. The summed E-state index contributed by atoms with van der Waals surface area (Å²) in [5.41, 5.74) is 4.69. The summed E-state index contributed by atoms with van der Waals surface area (Å²) in [6.07, 6.45) is 12.5. The second-order valence-electron chi connectivity index (χ2n) is 8.50. The number of Topliss-reactive ketones (excluding diaryl/α,β-unsaturated/α-hetero) is 1. The molecule has 0 aromatic carbocycles. The van der Waals surface area contributed by atoms with E-state index >= 15 is 0 Å². The minimum Gasteiger partial charge on any atom is -0.300 e. The highest BCUT2D eigenvalue weighted by molar-refractivity contribution is 5.80. The van der Waals surface area contributed by atoms with E-state index in [0.29, 0.717) is 22.5 Å². The molecule has 110 valence electrons. The number of hydrogen-bond acceptors (Lipinski definition) is 1. The van der Waals surface area contributed by atoms with Gasteiger partial charge in [-0.25, -0.2) is 0 Å². The largest absolute Gasteiger partial charge is 0.300 e. The van der Waals surface area contributed by atoms with E-state index in [1.54, 1.807) is 0 Å². The minimum atomic E-state index is 0.380. The summed E-state index contributed by atoms with van der Waals surface area (Å²) in [5.74, 6) is 2.08. The molecule has 20 heavy (non-hydrogen) atoms. The molecule has 1 nitrogen and oxygen atoms in total. The van der Waals surface area contributed by atoms with Crippen molar-refractivity contribution in [2.45, 2.75) is 78.1 Å². The summed E-state index contributed by atoms with van der Waals surface area (Å²) in [7, 11) is 0. The number of hydrogen-bond donors (Lipinski definition) is 0. The molecule has 4 aliphatic carbocycles. The van der Waals surface area contributed by atoms with Crippen molar-refractivity contribution in [1.82, 2.24) is 0 Å². The number of ketones is 1. The summed E-state index contributed by atoms with van der Waals surface area (Å²) in [4.78, 5) is 11.8. The highest BCUT2D eigenvalue weighted by Gasteiger charge is 2.51. The lowest BCUT2D eigenvalue weighted by atomic mass is 9.52. The molecule has 0 N–H and O–H groups in total. The fourth-order valence-electron chi connectivity index (χ4n) is 6.24. The highest BCUT2D eigenvalue weighted by Crippen LogP contribution is 2.63. The van der Waals surface area contributed by atoms with Gasteiger partial charge in [-0.3, -0.25) is 4.79 Å². The van der Waals surface area contributed by atoms with Gasteiger partial charge < -0.3 is 0 Å². The van der Waals surface area contributed by atoms with E-state index < -0.39 is 0 Å². The van der Waals surface area contributed by atoms with Crippen LogP contribution in [0.15, 0.2) is 11.1 Å². The molecular weight excluding hydrogens is 244 g/mol. The second-order valence-corrected chi connectivity index (χ2v) is 8.50.